The standard InChI is InChI=1S/C36H54BN5O7/c1-25(2)21-30(35(45)40-31(23-28-13-9-6-10-14-28)36(46)41-32(37(47)48)22-26(3)4)39-34(44)29(16-15-27-11-7-5-8-12-27)38-33(43)24-42-17-19-49-20-18-42/h5-14,25-26,29-32,47-48H,15-24H2,1-4H3,(H,38,43)(H,39,44)(H,40,45)(H,41,46)/t29-,30-,31-,32-/m0/s1. The van der Waals surface area contributed by atoms with E-state index in [2.05, 4.69) is 21.3 Å². The number of amides is 4. The summed E-state index contributed by atoms with van der Waals surface area (Å²) in [5, 5.41) is 31.2. The molecule has 0 aliphatic carbocycles. The van der Waals surface area contributed by atoms with Crippen molar-refractivity contribution in [2.24, 2.45) is 11.8 Å². The SMILES string of the molecule is CC(C)C[C@H](NC(=O)[C@H](Cc1ccccc1)NC(=O)[C@H](CC(C)C)NC(=O)[C@H](CCc1ccccc1)NC(=O)CN1CCOCC1)B(O)O. The van der Waals surface area contributed by atoms with Crippen LogP contribution in [0.3, 0.4) is 0 Å². The lowest BCUT2D eigenvalue weighted by Crippen LogP contribution is -2.59. The van der Waals surface area contributed by atoms with Crippen molar-refractivity contribution in [1.82, 2.24) is 26.2 Å². The molecule has 2 aromatic carbocycles. The van der Waals surface area contributed by atoms with Crippen LogP contribution in [0, 0.1) is 11.8 Å². The number of nitrogens with one attached hydrogen (secondary N) is 4. The summed E-state index contributed by atoms with van der Waals surface area (Å²) in [6.07, 6.45) is 1.61. The third-order valence-electron chi connectivity index (χ3n) is 8.36. The summed E-state index contributed by atoms with van der Waals surface area (Å²) in [5.41, 5.74) is 1.80. The molecule has 12 nitrogen and oxygen atoms in total. The zero-order valence-electron chi connectivity index (χ0n) is 29.3. The van der Waals surface area contributed by atoms with Crippen molar-refractivity contribution in [3.8, 4) is 0 Å². The van der Waals surface area contributed by atoms with E-state index in [1.165, 1.54) is 0 Å². The molecule has 2 aromatic rings. The Balaban J connectivity index is 1.79. The van der Waals surface area contributed by atoms with Crippen molar-refractivity contribution in [2.45, 2.75) is 83.9 Å². The Morgan fingerprint density at radius 3 is 1.82 bits per heavy atom. The Hall–Kier alpha value is -3.78. The molecule has 49 heavy (non-hydrogen) atoms. The van der Waals surface area contributed by atoms with Crippen molar-refractivity contribution >= 4 is 30.7 Å². The lowest BCUT2D eigenvalue weighted by molar-refractivity contribution is -0.134. The van der Waals surface area contributed by atoms with Crippen molar-refractivity contribution in [3.05, 3.63) is 71.8 Å². The van der Waals surface area contributed by atoms with Gasteiger partial charge < -0.3 is 36.1 Å². The number of ether oxygens (including phenoxy) is 1. The van der Waals surface area contributed by atoms with Crippen LogP contribution in [0.5, 0.6) is 0 Å². The molecular weight excluding hydrogens is 625 g/mol. The highest BCUT2D eigenvalue weighted by molar-refractivity contribution is 6.43. The normalized spacial score (nSPS) is 15.9. The van der Waals surface area contributed by atoms with Crippen LogP contribution in [0.4, 0.5) is 0 Å². The second-order valence-corrected chi connectivity index (χ2v) is 13.6. The van der Waals surface area contributed by atoms with Crippen LogP contribution in [0.1, 0.15) is 58.1 Å². The van der Waals surface area contributed by atoms with Gasteiger partial charge in [-0.15, -0.1) is 0 Å². The molecule has 6 N–H and O–H groups in total. The molecule has 1 aliphatic heterocycles. The van der Waals surface area contributed by atoms with Crippen LogP contribution < -0.4 is 21.3 Å². The first-order valence-corrected chi connectivity index (χ1v) is 17.4. The fraction of sp³-hybridized carbons (Fsp3) is 0.556. The van der Waals surface area contributed by atoms with Crippen LogP contribution in [-0.2, 0) is 36.8 Å². The minimum absolute atomic E-state index is 0.0103. The molecule has 0 aromatic heterocycles. The molecule has 13 heteroatoms. The fourth-order valence-corrected chi connectivity index (χ4v) is 5.78. The van der Waals surface area contributed by atoms with Crippen molar-refractivity contribution in [1.29, 1.82) is 0 Å². The van der Waals surface area contributed by atoms with E-state index in [4.69, 9.17) is 4.74 Å². The van der Waals surface area contributed by atoms with E-state index < -0.39 is 48.9 Å². The molecule has 4 amide bonds. The van der Waals surface area contributed by atoms with Gasteiger partial charge in [0, 0.05) is 19.5 Å². The van der Waals surface area contributed by atoms with Gasteiger partial charge in [0.25, 0.3) is 0 Å². The monoisotopic (exact) mass is 679 g/mol. The molecule has 0 radical (unpaired) electrons. The van der Waals surface area contributed by atoms with Gasteiger partial charge in [0.1, 0.15) is 18.1 Å². The van der Waals surface area contributed by atoms with E-state index in [9.17, 15) is 29.2 Å². The van der Waals surface area contributed by atoms with Crippen LogP contribution >= 0.6 is 0 Å². The second-order valence-electron chi connectivity index (χ2n) is 13.6. The molecule has 1 aliphatic rings. The third kappa shape index (κ3) is 14.7. The number of hydrogen-bond donors (Lipinski definition) is 6. The topological polar surface area (TPSA) is 169 Å². The van der Waals surface area contributed by atoms with Crippen LogP contribution in [-0.4, -0.2) is 103 Å². The molecule has 1 saturated heterocycles. The summed E-state index contributed by atoms with van der Waals surface area (Å²) >= 11 is 0. The molecule has 3 rings (SSSR count). The second kappa shape index (κ2) is 20.7. The first-order valence-electron chi connectivity index (χ1n) is 17.4. The van der Waals surface area contributed by atoms with Gasteiger partial charge in [-0.05, 0) is 48.6 Å². The van der Waals surface area contributed by atoms with Gasteiger partial charge in [-0.2, -0.15) is 0 Å². The number of carbonyl (C=O) groups is 4. The number of morpholine rings is 1. The van der Waals surface area contributed by atoms with Gasteiger partial charge in [0.05, 0.1) is 25.7 Å². The molecule has 0 bridgehead atoms. The minimum Gasteiger partial charge on any atom is -0.426 e. The summed E-state index contributed by atoms with van der Waals surface area (Å²) in [4.78, 5) is 56.4. The van der Waals surface area contributed by atoms with E-state index in [0.29, 0.717) is 45.6 Å². The number of carbonyl (C=O) groups excluding carboxylic acids is 4. The van der Waals surface area contributed by atoms with E-state index >= 15 is 0 Å². The predicted octanol–water partition coefficient (Wildman–Crippen LogP) is 1.24. The summed E-state index contributed by atoms with van der Waals surface area (Å²) in [5.74, 6) is -2.75. The summed E-state index contributed by atoms with van der Waals surface area (Å²) in [7, 11) is -1.78. The third-order valence-corrected chi connectivity index (χ3v) is 8.36. The van der Waals surface area contributed by atoms with Crippen molar-refractivity contribution in [3.63, 3.8) is 0 Å². The van der Waals surface area contributed by atoms with Crippen molar-refractivity contribution < 1.29 is 34.0 Å². The number of hydrogen-bond acceptors (Lipinski definition) is 8. The van der Waals surface area contributed by atoms with E-state index in [1.807, 2.05) is 93.3 Å². The molecule has 0 unspecified atom stereocenters. The summed E-state index contributed by atoms with van der Waals surface area (Å²) in [6, 6.07) is 15.9. The largest absolute Gasteiger partial charge is 0.475 e. The maximum absolute atomic E-state index is 13.9. The lowest BCUT2D eigenvalue weighted by atomic mass is 9.75. The molecule has 1 heterocycles. The molecule has 4 atom stereocenters. The Kier molecular flexibility index (Phi) is 16.7. The number of benzene rings is 2. The quantitative estimate of drug-likeness (QED) is 0.121. The van der Waals surface area contributed by atoms with E-state index in [1.54, 1.807) is 0 Å². The average Bonchev–Trinajstić information content (AvgIpc) is 3.06. The Morgan fingerprint density at radius 2 is 1.24 bits per heavy atom. The lowest BCUT2D eigenvalue weighted by Gasteiger charge is -2.29. The van der Waals surface area contributed by atoms with Crippen LogP contribution in [0.25, 0.3) is 0 Å². The first kappa shape index (κ1) is 39.7. The van der Waals surface area contributed by atoms with Gasteiger partial charge in [-0.25, -0.2) is 0 Å². The average molecular weight is 680 g/mol. The zero-order valence-corrected chi connectivity index (χ0v) is 29.3. The molecule has 0 spiro atoms. The van der Waals surface area contributed by atoms with E-state index in [0.717, 1.165) is 11.1 Å². The number of rotatable bonds is 19. The number of nitrogens with zero attached hydrogens (tertiary/aromatic N) is 1. The maximum atomic E-state index is 13.9. The highest BCUT2D eigenvalue weighted by atomic mass is 16.5. The van der Waals surface area contributed by atoms with Crippen LogP contribution in [0.15, 0.2) is 60.7 Å². The first-order chi connectivity index (χ1) is 23.4. The summed E-state index contributed by atoms with van der Waals surface area (Å²) < 4.78 is 5.38. The minimum atomic E-state index is -1.78. The summed E-state index contributed by atoms with van der Waals surface area (Å²) in [6.45, 7) is 10.1. The van der Waals surface area contributed by atoms with Crippen molar-refractivity contribution in [2.75, 3.05) is 32.8 Å². The molecule has 1 fully saturated rings. The highest BCUT2D eigenvalue weighted by Gasteiger charge is 2.33. The van der Waals surface area contributed by atoms with E-state index in [-0.39, 0.29) is 37.1 Å². The molecule has 268 valence electrons. The van der Waals surface area contributed by atoms with Gasteiger partial charge in [0.2, 0.25) is 23.6 Å². The van der Waals surface area contributed by atoms with Gasteiger partial charge in [0.15, 0.2) is 0 Å². The Bertz CT molecular complexity index is 1310. The van der Waals surface area contributed by atoms with Gasteiger partial charge >= 0.3 is 7.12 Å². The molecular formula is C36H54BN5O7. The Labute approximate surface area is 290 Å². The predicted molar refractivity (Wildman–Crippen MR) is 189 cm³/mol. The van der Waals surface area contributed by atoms with Gasteiger partial charge in [-0.1, -0.05) is 88.4 Å². The van der Waals surface area contributed by atoms with Crippen LogP contribution in [0.2, 0.25) is 0 Å². The molecule has 0 saturated carbocycles. The number of aryl methyl sites for hydroxylation is 1. The Morgan fingerprint density at radius 1 is 0.714 bits per heavy atom. The maximum Gasteiger partial charge on any atom is 0.475 e. The zero-order chi connectivity index (χ0) is 35.8. The van der Waals surface area contributed by atoms with Gasteiger partial charge in [-0.3, -0.25) is 24.1 Å². The highest BCUT2D eigenvalue weighted by Crippen LogP contribution is 2.12. The smallest absolute Gasteiger partial charge is 0.426 e. The fourth-order valence-electron chi connectivity index (χ4n) is 5.78.